The molecule has 1 heterocycles. The fraction of sp³-hybridized carbons (Fsp3) is 0.381. The van der Waals surface area contributed by atoms with Gasteiger partial charge in [-0.05, 0) is 48.9 Å². The van der Waals surface area contributed by atoms with Crippen molar-refractivity contribution in [2.24, 2.45) is 0 Å². The molecule has 0 bridgehead atoms. The number of hydrogen-bond donors (Lipinski definition) is 0. The molecule has 3 rings (SSSR count). The lowest BCUT2D eigenvalue weighted by Gasteiger charge is -2.19. The lowest BCUT2D eigenvalue weighted by atomic mass is 9.97. The molecule has 0 aliphatic carbocycles. The number of carbonyl (C=O) groups is 1. The third-order valence-corrected chi connectivity index (χ3v) is 4.98. The summed E-state index contributed by atoms with van der Waals surface area (Å²) in [6, 6.07) is 13.6. The molecular weight excluding hydrogens is 328 g/mol. The summed E-state index contributed by atoms with van der Waals surface area (Å²) in [5.41, 5.74) is 2.92. The number of ether oxygens (including phenoxy) is 2. The van der Waals surface area contributed by atoms with Crippen LogP contribution in [0, 0.1) is 0 Å². The van der Waals surface area contributed by atoms with Crippen molar-refractivity contribution < 1.29 is 14.3 Å². The molecule has 1 atom stereocenters. The Balaban J connectivity index is 1.75. The Hall–Kier alpha value is -2.69. The lowest BCUT2D eigenvalue weighted by Crippen LogP contribution is -2.28. The van der Waals surface area contributed by atoms with Crippen LogP contribution in [-0.2, 0) is 0 Å². The number of likely N-dealkylation sites (tertiary alicyclic amines) is 1. The van der Waals surface area contributed by atoms with Crippen molar-refractivity contribution in [3.63, 3.8) is 0 Å². The van der Waals surface area contributed by atoms with E-state index in [0.29, 0.717) is 6.54 Å². The molecule has 1 aliphatic rings. The predicted molar refractivity (Wildman–Crippen MR) is 104 cm³/mol. The van der Waals surface area contributed by atoms with Crippen LogP contribution in [0.1, 0.15) is 28.3 Å². The van der Waals surface area contributed by atoms with Gasteiger partial charge in [-0.25, -0.2) is 0 Å². The Labute approximate surface area is 155 Å². The van der Waals surface area contributed by atoms with Gasteiger partial charge < -0.3 is 19.3 Å². The fourth-order valence-corrected chi connectivity index (χ4v) is 3.44. The predicted octanol–water partition coefficient (Wildman–Crippen LogP) is 3.40. The van der Waals surface area contributed by atoms with E-state index < -0.39 is 0 Å². The Bertz CT molecular complexity index is 771. The van der Waals surface area contributed by atoms with E-state index in [0.717, 1.165) is 41.3 Å². The monoisotopic (exact) mass is 354 g/mol. The maximum Gasteiger partial charge on any atom is 0.253 e. The Morgan fingerprint density at radius 3 is 2.42 bits per heavy atom. The van der Waals surface area contributed by atoms with Crippen molar-refractivity contribution in [3.8, 4) is 11.5 Å². The molecule has 0 radical (unpaired) electrons. The van der Waals surface area contributed by atoms with Gasteiger partial charge in [-0.2, -0.15) is 0 Å². The van der Waals surface area contributed by atoms with Crippen LogP contribution in [0.15, 0.2) is 42.5 Å². The van der Waals surface area contributed by atoms with Gasteiger partial charge in [0.25, 0.3) is 5.91 Å². The first-order chi connectivity index (χ1) is 12.5. The molecule has 2 aromatic carbocycles. The first-order valence-corrected chi connectivity index (χ1v) is 8.82. The van der Waals surface area contributed by atoms with Crippen molar-refractivity contribution in [1.82, 2.24) is 4.90 Å². The molecule has 2 aromatic rings. The number of anilines is 1. The molecule has 0 aromatic heterocycles. The molecule has 1 aliphatic heterocycles. The van der Waals surface area contributed by atoms with Crippen LogP contribution in [0.25, 0.3) is 0 Å². The Kier molecular flexibility index (Phi) is 5.35. The highest BCUT2D eigenvalue weighted by Gasteiger charge is 2.30. The first kappa shape index (κ1) is 18.1. The van der Waals surface area contributed by atoms with E-state index in [9.17, 15) is 4.79 Å². The van der Waals surface area contributed by atoms with Gasteiger partial charge in [0.1, 0.15) is 11.5 Å². The van der Waals surface area contributed by atoms with E-state index in [1.54, 1.807) is 14.2 Å². The molecule has 138 valence electrons. The van der Waals surface area contributed by atoms with Crippen molar-refractivity contribution in [2.45, 2.75) is 12.3 Å². The second kappa shape index (κ2) is 7.68. The van der Waals surface area contributed by atoms with Gasteiger partial charge in [0, 0.05) is 49.9 Å². The second-order valence-electron chi connectivity index (χ2n) is 6.79. The topological polar surface area (TPSA) is 42.0 Å². The number of benzene rings is 2. The SMILES string of the molecule is COc1ccc(OC)c(C2CCN(C(=O)c3ccc(N(C)C)cc3)C2)c1. The van der Waals surface area contributed by atoms with Crippen molar-refractivity contribution in [1.29, 1.82) is 0 Å². The molecule has 5 nitrogen and oxygen atoms in total. The normalized spacial score (nSPS) is 16.5. The van der Waals surface area contributed by atoms with Crippen molar-refractivity contribution in [3.05, 3.63) is 53.6 Å². The van der Waals surface area contributed by atoms with Gasteiger partial charge >= 0.3 is 0 Å². The van der Waals surface area contributed by atoms with E-state index in [1.807, 2.05) is 66.4 Å². The zero-order valence-corrected chi connectivity index (χ0v) is 15.9. The third kappa shape index (κ3) is 3.62. The smallest absolute Gasteiger partial charge is 0.253 e. The summed E-state index contributed by atoms with van der Waals surface area (Å²) >= 11 is 0. The van der Waals surface area contributed by atoms with Crippen LogP contribution in [0.2, 0.25) is 0 Å². The molecule has 26 heavy (non-hydrogen) atoms. The lowest BCUT2D eigenvalue weighted by molar-refractivity contribution is 0.0790. The molecule has 1 fully saturated rings. The first-order valence-electron chi connectivity index (χ1n) is 8.82. The van der Waals surface area contributed by atoms with Crippen LogP contribution in [-0.4, -0.2) is 52.2 Å². The van der Waals surface area contributed by atoms with Crippen molar-refractivity contribution in [2.75, 3.05) is 46.3 Å². The number of nitrogens with zero attached hydrogens (tertiary/aromatic N) is 2. The van der Waals surface area contributed by atoms with Crippen LogP contribution in [0.5, 0.6) is 11.5 Å². The average molecular weight is 354 g/mol. The summed E-state index contributed by atoms with van der Waals surface area (Å²) in [6.07, 6.45) is 0.922. The molecular formula is C21H26N2O3. The van der Waals surface area contributed by atoms with Crippen LogP contribution < -0.4 is 14.4 Å². The fourth-order valence-electron chi connectivity index (χ4n) is 3.44. The summed E-state index contributed by atoms with van der Waals surface area (Å²) in [7, 11) is 7.32. The number of carbonyl (C=O) groups excluding carboxylic acids is 1. The van der Waals surface area contributed by atoms with E-state index >= 15 is 0 Å². The minimum atomic E-state index is 0.0830. The molecule has 5 heteroatoms. The van der Waals surface area contributed by atoms with Gasteiger partial charge in [-0.15, -0.1) is 0 Å². The molecule has 1 unspecified atom stereocenters. The highest BCUT2D eigenvalue weighted by molar-refractivity contribution is 5.94. The Morgan fingerprint density at radius 2 is 1.81 bits per heavy atom. The van der Waals surface area contributed by atoms with Gasteiger partial charge in [0.15, 0.2) is 0 Å². The van der Waals surface area contributed by atoms with Gasteiger partial charge in [-0.3, -0.25) is 4.79 Å². The zero-order chi connectivity index (χ0) is 18.7. The number of rotatable bonds is 5. The van der Waals surface area contributed by atoms with E-state index in [2.05, 4.69) is 0 Å². The highest BCUT2D eigenvalue weighted by Crippen LogP contribution is 2.36. The summed E-state index contributed by atoms with van der Waals surface area (Å²) in [5, 5.41) is 0. The maximum atomic E-state index is 12.8. The van der Waals surface area contributed by atoms with Gasteiger partial charge in [-0.1, -0.05) is 0 Å². The van der Waals surface area contributed by atoms with E-state index in [1.165, 1.54) is 0 Å². The molecule has 0 N–H and O–H groups in total. The Morgan fingerprint density at radius 1 is 1.08 bits per heavy atom. The summed E-state index contributed by atoms with van der Waals surface area (Å²) < 4.78 is 10.9. The standard InChI is InChI=1S/C21H26N2O3/c1-22(2)17-7-5-15(6-8-17)21(24)23-12-11-16(14-23)19-13-18(25-3)9-10-20(19)26-4/h5-10,13,16H,11-12,14H2,1-4H3. The van der Waals surface area contributed by atoms with E-state index in [4.69, 9.17) is 9.47 Å². The second-order valence-corrected chi connectivity index (χ2v) is 6.79. The van der Waals surface area contributed by atoms with Gasteiger partial charge in [0.2, 0.25) is 0 Å². The van der Waals surface area contributed by atoms with Crippen LogP contribution in [0.3, 0.4) is 0 Å². The summed E-state index contributed by atoms with van der Waals surface area (Å²) in [4.78, 5) is 16.8. The molecule has 0 saturated carbocycles. The average Bonchev–Trinajstić information content (AvgIpc) is 3.17. The highest BCUT2D eigenvalue weighted by atomic mass is 16.5. The number of hydrogen-bond acceptors (Lipinski definition) is 4. The minimum Gasteiger partial charge on any atom is -0.497 e. The largest absolute Gasteiger partial charge is 0.497 e. The number of amides is 1. The van der Waals surface area contributed by atoms with E-state index in [-0.39, 0.29) is 11.8 Å². The minimum absolute atomic E-state index is 0.0830. The van der Waals surface area contributed by atoms with Crippen LogP contribution >= 0.6 is 0 Å². The van der Waals surface area contributed by atoms with Gasteiger partial charge in [0.05, 0.1) is 14.2 Å². The van der Waals surface area contributed by atoms with Crippen LogP contribution in [0.4, 0.5) is 5.69 Å². The quantitative estimate of drug-likeness (QED) is 0.825. The molecule has 1 saturated heterocycles. The molecule has 1 amide bonds. The summed E-state index contributed by atoms with van der Waals surface area (Å²) in [6.45, 7) is 1.44. The van der Waals surface area contributed by atoms with Crippen molar-refractivity contribution >= 4 is 11.6 Å². The maximum absolute atomic E-state index is 12.8. The third-order valence-electron chi connectivity index (χ3n) is 4.98. The zero-order valence-electron chi connectivity index (χ0n) is 15.9. The number of methoxy groups -OCH3 is 2. The summed E-state index contributed by atoms with van der Waals surface area (Å²) in [5.74, 6) is 2.00. The molecule has 0 spiro atoms.